The van der Waals surface area contributed by atoms with Crippen molar-refractivity contribution in [2.75, 3.05) is 26.7 Å². The smallest absolute Gasteiger partial charge is 0.359 e. The molecule has 0 amide bonds. The number of carboxylic acids is 1. The largest absolute Gasteiger partial charge is 0.477 e. The van der Waals surface area contributed by atoms with Gasteiger partial charge in [-0.05, 0) is 13.3 Å². The molecule has 0 aromatic carbocycles. The summed E-state index contributed by atoms with van der Waals surface area (Å²) in [6.07, 6.45) is 1.04. The molecule has 1 atom stereocenters. The standard InChI is InChI=1S/C8H17NO2/c1-4-6-9(3,5-2)7-8(10)11/h4-7H2,1-3H3/p+1. The van der Waals surface area contributed by atoms with Crippen molar-refractivity contribution in [3.05, 3.63) is 0 Å². The summed E-state index contributed by atoms with van der Waals surface area (Å²) in [5.74, 6) is -0.706. The lowest BCUT2D eigenvalue weighted by Gasteiger charge is -2.31. The van der Waals surface area contributed by atoms with E-state index in [1.54, 1.807) is 0 Å². The van der Waals surface area contributed by atoms with Crippen LogP contribution in [-0.2, 0) is 4.79 Å². The van der Waals surface area contributed by atoms with Crippen molar-refractivity contribution < 1.29 is 14.4 Å². The van der Waals surface area contributed by atoms with Gasteiger partial charge in [0.2, 0.25) is 0 Å². The van der Waals surface area contributed by atoms with Gasteiger partial charge in [0.25, 0.3) is 0 Å². The second-order valence-corrected chi connectivity index (χ2v) is 3.21. The van der Waals surface area contributed by atoms with Gasteiger partial charge in [-0.25, -0.2) is 4.79 Å². The minimum absolute atomic E-state index is 0.240. The molecule has 0 spiro atoms. The number of quaternary nitrogens is 1. The molecule has 0 aromatic rings. The highest BCUT2D eigenvalue weighted by Crippen LogP contribution is 2.02. The summed E-state index contributed by atoms with van der Waals surface area (Å²) >= 11 is 0. The number of rotatable bonds is 5. The fraction of sp³-hybridized carbons (Fsp3) is 0.875. The van der Waals surface area contributed by atoms with Gasteiger partial charge in [0.1, 0.15) is 0 Å². The predicted molar refractivity (Wildman–Crippen MR) is 44.4 cm³/mol. The third kappa shape index (κ3) is 3.98. The molecule has 0 bridgehead atoms. The molecule has 66 valence electrons. The SMILES string of the molecule is CCC[N+](C)(CC)CC(=O)O. The maximum atomic E-state index is 10.4. The van der Waals surface area contributed by atoms with Crippen LogP contribution >= 0.6 is 0 Å². The van der Waals surface area contributed by atoms with Gasteiger partial charge in [-0.15, -0.1) is 0 Å². The van der Waals surface area contributed by atoms with E-state index >= 15 is 0 Å². The lowest BCUT2D eigenvalue weighted by atomic mass is 10.3. The summed E-state index contributed by atoms with van der Waals surface area (Å²) in [4.78, 5) is 10.4. The van der Waals surface area contributed by atoms with E-state index in [1.165, 1.54) is 0 Å². The summed E-state index contributed by atoms with van der Waals surface area (Å²) in [5, 5.41) is 8.59. The quantitative estimate of drug-likeness (QED) is 0.608. The molecule has 0 aliphatic carbocycles. The zero-order chi connectivity index (χ0) is 8.91. The van der Waals surface area contributed by atoms with Crippen LogP contribution in [0.3, 0.4) is 0 Å². The van der Waals surface area contributed by atoms with Gasteiger partial charge in [-0.3, -0.25) is 0 Å². The van der Waals surface area contributed by atoms with Gasteiger partial charge in [-0.2, -0.15) is 0 Å². The van der Waals surface area contributed by atoms with E-state index < -0.39 is 5.97 Å². The Morgan fingerprint density at radius 2 is 2.00 bits per heavy atom. The Bertz CT molecular complexity index is 136. The number of hydrogen-bond acceptors (Lipinski definition) is 1. The molecule has 0 aromatic heterocycles. The third-order valence-corrected chi connectivity index (χ3v) is 2.04. The summed E-state index contributed by atoms with van der Waals surface area (Å²) in [6, 6.07) is 0. The van der Waals surface area contributed by atoms with Crippen LogP contribution in [0.2, 0.25) is 0 Å². The maximum Gasteiger partial charge on any atom is 0.359 e. The first-order valence-electron chi connectivity index (χ1n) is 4.09. The van der Waals surface area contributed by atoms with Crippen LogP contribution in [-0.4, -0.2) is 42.2 Å². The van der Waals surface area contributed by atoms with Gasteiger partial charge in [-0.1, -0.05) is 6.92 Å². The van der Waals surface area contributed by atoms with E-state index in [4.69, 9.17) is 5.11 Å². The normalized spacial score (nSPS) is 15.9. The second-order valence-electron chi connectivity index (χ2n) is 3.21. The topological polar surface area (TPSA) is 37.3 Å². The van der Waals surface area contributed by atoms with Crippen molar-refractivity contribution in [1.29, 1.82) is 0 Å². The molecular formula is C8H18NO2+. The molecule has 0 heterocycles. The highest BCUT2D eigenvalue weighted by atomic mass is 16.4. The zero-order valence-electron chi connectivity index (χ0n) is 7.63. The number of hydrogen-bond donors (Lipinski definition) is 1. The van der Waals surface area contributed by atoms with Gasteiger partial charge in [0.15, 0.2) is 6.54 Å². The van der Waals surface area contributed by atoms with Crippen LogP contribution in [0.25, 0.3) is 0 Å². The number of aliphatic carboxylic acids is 1. The lowest BCUT2D eigenvalue weighted by Crippen LogP contribution is -2.47. The Hall–Kier alpha value is -0.570. The molecule has 1 unspecified atom stereocenters. The molecule has 0 rings (SSSR count). The lowest BCUT2D eigenvalue weighted by molar-refractivity contribution is -0.900. The summed E-state index contributed by atoms with van der Waals surface area (Å²) in [5.41, 5.74) is 0. The van der Waals surface area contributed by atoms with Crippen LogP contribution in [0.1, 0.15) is 20.3 Å². The number of nitrogens with zero attached hydrogens (tertiary/aromatic N) is 1. The Morgan fingerprint density at radius 3 is 2.27 bits per heavy atom. The van der Waals surface area contributed by atoms with E-state index in [0.29, 0.717) is 4.48 Å². The molecule has 0 fully saturated rings. The highest BCUT2D eigenvalue weighted by molar-refractivity contribution is 5.67. The van der Waals surface area contributed by atoms with Crippen molar-refractivity contribution in [3.63, 3.8) is 0 Å². The van der Waals surface area contributed by atoms with Gasteiger partial charge in [0.05, 0.1) is 20.1 Å². The third-order valence-electron chi connectivity index (χ3n) is 2.04. The first-order valence-corrected chi connectivity index (χ1v) is 4.09. The van der Waals surface area contributed by atoms with E-state index in [2.05, 4.69) is 6.92 Å². The fourth-order valence-corrected chi connectivity index (χ4v) is 1.22. The number of carboxylic acid groups (broad SMARTS) is 1. The van der Waals surface area contributed by atoms with Crippen LogP contribution < -0.4 is 0 Å². The van der Waals surface area contributed by atoms with Crippen LogP contribution in [0, 0.1) is 0 Å². The first-order chi connectivity index (χ1) is 5.04. The predicted octanol–water partition coefficient (Wildman–Crippen LogP) is 0.948. The van der Waals surface area contributed by atoms with Crippen molar-refractivity contribution in [2.45, 2.75) is 20.3 Å². The molecule has 0 saturated carbocycles. The minimum atomic E-state index is -0.706. The molecule has 0 aliphatic rings. The monoisotopic (exact) mass is 160 g/mol. The maximum absolute atomic E-state index is 10.4. The van der Waals surface area contributed by atoms with Crippen molar-refractivity contribution in [1.82, 2.24) is 0 Å². The van der Waals surface area contributed by atoms with Crippen LogP contribution in [0.4, 0.5) is 0 Å². The van der Waals surface area contributed by atoms with Gasteiger partial charge < -0.3 is 9.59 Å². The molecule has 0 saturated heterocycles. The molecule has 0 radical (unpaired) electrons. The minimum Gasteiger partial charge on any atom is -0.477 e. The van der Waals surface area contributed by atoms with Gasteiger partial charge >= 0.3 is 5.97 Å². The van der Waals surface area contributed by atoms with E-state index in [1.807, 2.05) is 14.0 Å². The average molecular weight is 160 g/mol. The van der Waals surface area contributed by atoms with Crippen molar-refractivity contribution >= 4 is 5.97 Å². The molecule has 11 heavy (non-hydrogen) atoms. The molecule has 3 heteroatoms. The van der Waals surface area contributed by atoms with E-state index in [-0.39, 0.29) is 6.54 Å². The van der Waals surface area contributed by atoms with Crippen LogP contribution in [0.15, 0.2) is 0 Å². The highest BCUT2D eigenvalue weighted by Gasteiger charge is 2.21. The number of carbonyl (C=O) groups is 1. The molecular weight excluding hydrogens is 142 g/mol. The summed E-state index contributed by atoms with van der Waals surface area (Å²) < 4.78 is 0.645. The molecule has 3 nitrogen and oxygen atoms in total. The Balaban J connectivity index is 3.98. The average Bonchev–Trinajstić information content (AvgIpc) is 1.87. The van der Waals surface area contributed by atoms with Crippen molar-refractivity contribution in [3.8, 4) is 0 Å². The Kier molecular flexibility index (Phi) is 4.11. The van der Waals surface area contributed by atoms with Gasteiger partial charge in [0, 0.05) is 0 Å². The first kappa shape index (κ1) is 10.4. The second kappa shape index (κ2) is 4.34. The van der Waals surface area contributed by atoms with Crippen molar-refractivity contribution in [2.24, 2.45) is 0 Å². The summed E-state index contributed by atoms with van der Waals surface area (Å²) in [6.45, 7) is 6.18. The Morgan fingerprint density at radius 1 is 1.45 bits per heavy atom. The van der Waals surface area contributed by atoms with Crippen LogP contribution in [0.5, 0.6) is 0 Å². The Labute approximate surface area is 68.2 Å². The van der Waals surface area contributed by atoms with E-state index in [0.717, 1.165) is 19.5 Å². The summed E-state index contributed by atoms with van der Waals surface area (Å²) in [7, 11) is 1.98. The molecule has 0 aliphatic heterocycles. The number of likely N-dealkylation sites (N-methyl/N-ethyl adjacent to an activating group) is 1. The molecule has 1 N–H and O–H groups in total. The zero-order valence-corrected chi connectivity index (χ0v) is 7.63. The fourth-order valence-electron chi connectivity index (χ4n) is 1.22. The van der Waals surface area contributed by atoms with E-state index in [9.17, 15) is 4.79 Å².